The molecule has 15 heavy (non-hydrogen) atoms. The smallest absolute Gasteiger partial charge is 0.179 e. The highest BCUT2D eigenvalue weighted by Gasteiger charge is 2.02. The number of aromatic nitrogens is 2. The maximum absolute atomic E-state index is 5.09. The van der Waals surface area contributed by atoms with Crippen LogP contribution in [-0.4, -0.2) is 16.5 Å². The van der Waals surface area contributed by atoms with Crippen molar-refractivity contribution in [3.63, 3.8) is 0 Å². The monoisotopic (exact) mass is 284 g/mol. The fourth-order valence-electron chi connectivity index (χ4n) is 1.23. The highest BCUT2D eigenvalue weighted by Crippen LogP contribution is 2.16. The van der Waals surface area contributed by atoms with Gasteiger partial charge in [-0.2, -0.15) is 4.37 Å². The van der Waals surface area contributed by atoms with Crippen LogP contribution in [0.25, 0.3) is 0 Å². The van der Waals surface area contributed by atoms with Crippen molar-refractivity contribution < 1.29 is 4.74 Å². The second-order valence-electron chi connectivity index (χ2n) is 2.99. The summed E-state index contributed by atoms with van der Waals surface area (Å²) in [4.78, 5) is 4.24. The van der Waals surface area contributed by atoms with Crippen molar-refractivity contribution in [3.05, 3.63) is 39.6 Å². The minimum Gasteiger partial charge on any atom is -0.497 e. The predicted octanol–water partition coefficient (Wildman–Crippen LogP) is 2.90. The lowest BCUT2D eigenvalue weighted by Crippen LogP contribution is -1.90. The zero-order valence-electron chi connectivity index (χ0n) is 8.11. The molecule has 78 valence electrons. The van der Waals surface area contributed by atoms with E-state index in [4.69, 9.17) is 4.74 Å². The van der Waals surface area contributed by atoms with E-state index in [0.717, 1.165) is 21.9 Å². The van der Waals surface area contributed by atoms with Crippen LogP contribution in [0.2, 0.25) is 0 Å². The number of rotatable bonds is 3. The van der Waals surface area contributed by atoms with Crippen molar-refractivity contribution in [2.75, 3.05) is 7.11 Å². The van der Waals surface area contributed by atoms with Crippen molar-refractivity contribution in [3.8, 4) is 5.75 Å². The van der Waals surface area contributed by atoms with Crippen molar-refractivity contribution in [1.82, 2.24) is 9.36 Å². The van der Waals surface area contributed by atoms with Gasteiger partial charge in [0, 0.05) is 6.42 Å². The molecule has 0 radical (unpaired) electrons. The largest absolute Gasteiger partial charge is 0.497 e. The molecular formula is C10H9BrN2OS. The van der Waals surface area contributed by atoms with Crippen LogP contribution in [0.3, 0.4) is 0 Å². The fraction of sp³-hybridized carbons (Fsp3) is 0.200. The van der Waals surface area contributed by atoms with Gasteiger partial charge in [0.05, 0.1) is 7.11 Å². The van der Waals surface area contributed by atoms with E-state index in [1.165, 1.54) is 17.1 Å². The average Bonchev–Trinajstić information content (AvgIpc) is 2.65. The van der Waals surface area contributed by atoms with Gasteiger partial charge < -0.3 is 4.74 Å². The molecule has 5 heteroatoms. The Labute approximate surface area is 100 Å². The maximum atomic E-state index is 5.09. The zero-order chi connectivity index (χ0) is 10.7. The second kappa shape index (κ2) is 4.72. The van der Waals surface area contributed by atoms with Gasteiger partial charge in [-0.1, -0.05) is 12.1 Å². The number of ether oxygens (including phenoxy) is 1. The van der Waals surface area contributed by atoms with Crippen LogP contribution < -0.4 is 4.74 Å². The lowest BCUT2D eigenvalue weighted by atomic mass is 10.1. The Morgan fingerprint density at radius 2 is 2.07 bits per heavy atom. The third-order valence-corrected chi connectivity index (χ3v) is 3.12. The van der Waals surface area contributed by atoms with Crippen LogP contribution in [-0.2, 0) is 6.42 Å². The molecule has 2 rings (SSSR count). The Morgan fingerprint density at radius 1 is 1.33 bits per heavy atom. The van der Waals surface area contributed by atoms with Gasteiger partial charge in [-0.05, 0) is 45.2 Å². The Morgan fingerprint density at radius 3 is 2.60 bits per heavy atom. The number of hydrogen-bond acceptors (Lipinski definition) is 4. The highest BCUT2D eigenvalue weighted by molar-refractivity contribution is 9.11. The molecule has 0 saturated heterocycles. The van der Waals surface area contributed by atoms with Gasteiger partial charge in [0.1, 0.15) is 11.6 Å². The van der Waals surface area contributed by atoms with Crippen LogP contribution in [0, 0.1) is 0 Å². The predicted molar refractivity (Wildman–Crippen MR) is 63.4 cm³/mol. The summed E-state index contributed by atoms with van der Waals surface area (Å²) in [5.41, 5.74) is 1.18. The summed E-state index contributed by atoms with van der Waals surface area (Å²) in [6, 6.07) is 7.93. The SMILES string of the molecule is COc1ccc(Cc2nsc(Br)n2)cc1. The van der Waals surface area contributed by atoms with E-state index in [-0.39, 0.29) is 0 Å². The third kappa shape index (κ3) is 2.76. The molecule has 3 nitrogen and oxygen atoms in total. The van der Waals surface area contributed by atoms with E-state index in [9.17, 15) is 0 Å². The molecule has 0 saturated carbocycles. The quantitative estimate of drug-likeness (QED) is 0.869. The second-order valence-corrected chi connectivity index (χ2v) is 5.02. The Bertz CT molecular complexity index is 441. The summed E-state index contributed by atoms with van der Waals surface area (Å²) in [5, 5.41) is 0. The first-order valence-electron chi connectivity index (χ1n) is 4.39. The Hall–Kier alpha value is -0.940. The average molecular weight is 285 g/mol. The van der Waals surface area contributed by atoms with Gasteiger partial charge in [-0.15, -0.1) is 0 Å². The maximum Gasteiger partial charge on any atom is 0.179 e. The summed E-state index contributed by atoms with van der Waals surface area (Å²) in [6.45, 7) is 0. The molecule has 0 fully saturated rings. The lowest BCUT2D eigenvalue weighted by molar-refractivity contribution is 0.414. The molecular weight excluding hydrogens is 276 g/mol. The molecule has 0 bridgehead atoms. The van der Waals surface area contributed by atoms with Crippen LogP contribution in [0.1, 0.15) is 11.4 Å². The summed E-state index contributed by atoms with van der Waals surface area (Å²) in [5.74, 6) is 1.71. The van der Waals surface area contributed by atoms with E-state index < -0.39 is 0 Å². The topological polar surface area (TPSA) is 35.0 Å². The van der Waals surface area contributed by atoms with E-state index in [2.05, 4.69) is 25.3 Å². The van der Waals surface area contributed by atoms with Gasteiger partial charge in [0.2, 0.25) is 0 Å². The van der Waals surface area contributed by atoms with Gasteiger partial charge >= 0.3 is 0 Å². The van der Waals surface area contributed by atoms with Crippen LogP contribution in [0.5, 0.6) is 5.75 Å². The van der Waals surface area contributed by atoms with E-state index >= 15 is 0 Å². The number of halogens is 1. The molecule has 0 aliphatic rings. The van der Waals surface area contributed by atoms with Crippen molar-refractivity contribution in [2.45, 2.75) is 6.42 Å². The minimum absolute atomic E-state index is 0.756. The van der Waals surface area contributed by atoms with Crippen LogP contribution >= 0.6 is 27.5 Å². The first-order chi connectivity index (χ1) is 7.28. The normalized spacial score (nSPS) is 10.3. The Kier molecular flexibility index (Phi) is 3.33. The van der Waals surface area contributed by atoms with Crippen molar-refractivity contribution in [1.29, 1.82) is 0 Å². The third-order valence-electron chi connectivity index (χ3n) is 1.96. The Balaban J connectivity index is 2.11. The summed E-state index contributed by atoms with van der Waals surface area (Å²) in [6.07, 6.45) is 0.756. The molecule has 0 aliphatic carbocycles. The van der Waals surface area contributed by atoms with Gasteiger partial charge in [-0.3, -0.25) is 0 Å². The number of hydrogen-bond donors (Lipinski definition) is 0. The molecule has 1 aromatic heterocycles. The van der Waals surface area contributed by atoms with Crippen molar-refractivity contribution >= 4 is 27.5 Å². The molecule has 2 aromatic rings. The number of methoxy groups -OCH3 is 1. The van der Waals surface area contributed by atoms with Gasteiger partial charge in [0.15, 0.2) is 3.92 Å². The fourth-order valence-corrected chi connectivity index (χ4v) is 2.08. The molecule has 0 unspecified atom stereocenters. The summed E-state index contributed by atoms with van der Waals surface area (Å²) in [7, 11) is 1.66. The lowest BCUT2D eigenvalue weighted by Gasteiger charge is -2.00. The first kappa shape index (κ1) is 10.6. The molecule has 0 spiro atoms. The number of nitrogens with zero attached hydrogens (tertiary/aromatic N) is 2. The first-order valence-corrected chi connectivity index (χ1v) is 5.95. The van der Waals surface area contributed by atoms with E-state index in [1.54, 1.807) is 7.11 Å². The highest BCUT2D eigenvalue weighted by atomic mass is 79.9. The molecule has 0 N–H and O–H groups in total. The van der Waals surface area contributed by atoms with E-state index in [0.29, 0.717) is 0 Å². The molecule has 0 amide bonds. The summed E-state index contributed by atoms with van der Waals surface area (Å²) < 4.78 is 10.1. The molecule has 1 aromatic carbocycles. The van der Waals surface area contributed by atoms with Crippen LogP contribution in [0.15, 0.2) is 28.2 Å². The van der Waals surface area contributed by atoms with Gasteiger partial charge in [-0.25, -0.2) is 4.98 Å². The molecule has 0 aliphatic heterocycles. The summed E-state index contributed by atoms with van der Waals surface area (Å²) >= 11 is 4.66. The van der Waals surface area contributed by atoms with Crippen molar-refractivity contribution in [2.24, 2.45) is 0 Å². The minimum atomic E-state index is 0.756. The standard InChI is InChI=1S/C10H9BrN2OS/c1-14-8-4-2-7(3-5-8)6-9-12-10(11)15-13-9/h2-5H,6H2,1H3. The van der Waals surface area contributed by atoms with Gasteiger partial charge in [0.25, 0.3) is 0 Å². The van der Waals surface area contributed by atoms with Crippen LogP contribution in [0.4, 0.5) is 0 Å². The van der Waals surface area contributed by atoms with E-state index in [1.807, 2.05) is 24.3 Å². The molecule has 1 heterocycles. The zero-order valence-corrected chi connectivity index (χ0v) is 10.5. The number of benzene rings is 1. The molecule has 0 atom stereocenters.